The number of hydrogen-bond donors (Lipinski definition) is 0. The van der Waals surface area contributed by atoms with Gasteiger partial charge in [-0.3, -0.25) is 0 Å². The van der Waals surface area contributed by atoms with Crippen LogP contribution in [-0.2, 0) is 4.74 Å². The zero-order chi connectivity index (χ0) is 23.2. The molecule has 176 valence electrons. The zero-order valence-corrected chi connectivity index (χ0v) is 20.3. The first-order valence-electron chi connectivity index (χ1n) is 12.2. The van der Waals surface area contributed by atoms with Crippen molar-refractivity contribution in [1.82, 2.24) is 0 Å². The van der Waals surface area contributed by atoms with Crippen LogP contribution in [0, 0.1) is 0 Å². The predicted molar refractivity (Wildman–Crippen MR) is 131 cm³/mol. The Kier molecular flexibility index (Phi) is 11.9. The molecule has 0 N–H and O–H groups in total. The monoisotopic (exact) mass is 440 g/mol. The van der Waals surface area contributed by atoms with Gasteiger partial charge in [0, 0.05) is 7.11 Å². The van der Waals surface area contributed by atoms with Crippen LogP contribution in [0.4, 0.5) is 0 Å². The summed E-state index contributed by atoms with van der Waals surface area (Å²) in [4.78, 5) is 12.4. The molecule has 0 aliphatic rings. The van der Waals surface area contributed by atoms with Crippen molar-refractivity contribution in [2.24, 2.45) is 0 Å². The number of hydrogen-bond acceptors (Lipinski definition) is 4. The second-order valence-electron chi connectivity index (χ2n) is 8.45. The van der Waals surface area contributed by atoms with Gasteiger partial charge in [-0.1, -0.05) is 64.5 Å². The fourth-order valence-corrected chi connectivity index (χ4v) is 3.71. The first-order chi connectivity index (χ1) is 15.6. The number of carbonyl (C=O) groups is 1. The van der Waals surface area contributed by atoms with E-state index in [1.54, 1.807) is 31.4 Å². The minimum Gasteiger partial charge on any atom is -0.490 e. The first kappa shape index (κ1) is 25.9. The second kappa shape index (κ2) is 14.7. The highest BCUT2D eigenvalue weighted by molar-refractivity contribution is 5.91. The van der Waals surface area contributed by atoms with Crippen LogP contribution >= 0.6 is 0 Å². The zero-order valence-electron chi connectivity index (χ0n) is 20.3. The molecule has 2 aromatic carbocycles. The molecule has 0 saturated heterocycles. The van der Waals surface area contributed by atoms with E-state index in [0.29, 0.717) is 11.3 Å². The minimum atomic E-state index is -0.373. The van der Waals surface area contributed by atoms with Gasteiger partial charge in [-0.05, 0) is 68.1 Å². The predicted octanol–water partition coefficient (Wildman–Crippen LogP) is 7.91. The molecule has 0 bridgehead atoms. The third-order valence-corrected chi connectivity index (χ3v) is 5.80. The molecule has 0 radical (unpaired) electrons. The largest absolute Gasteiger partial charge is 0.490 e. The SMILES string of the molecule is CCCCCCCCC(CCC)Oc1ccc(OC(=O)c2ccc(C(C)OC)cc2)cc1. The Labute approximate surface area is 194 Å². The van der Waals surface area contributed by atoms with E-state index in [2.05, 4.69) is 13.8 Å². The highest BCUT2D eigenvalue weighted by atomic mass is 16.5. The van der Waals surface area contributed by atoms with Crippen LogP contribution in [0.5, 0.6) is 11.5 Å². The van der Waals surface area contributed by atoms with Crippen molar-refractivity contribution in [3.8, 4) is 11.5 Å². The number of carbonyl (C=O) groups excluding carboxylic acids is 1. The molecule has 2 unspecified atom stereocenters. The third-order valence-electron chi connectivity index (χ3n) is 5.80. The molecule has 32 heavy (non-hydrogen) atoms. The summed E-state index contributed by atoms with van der Waals surface area (Å²) in [6, 6.07) is 14.7. The Bertz CT molecular complexity index is 767. The van der Waals surface area contributed by atoms with Gasteiger partial charge in [-0.2, -0.15) is 0 Å². The smallest absolute Gasteiger partial charge is 0.343 e. The Balaban J connectivity index is 1.84. The third kappa shape index (κ3) is 9.04. The number of methoxy groups -OCH3 is 1. The average molecular weight is 441 g/mol. The molecule has 0 saturated carbocycles. The van der Waals surface area contributed by atoms with Crippen molar-refractivity contribution < 1.29 is 19.0 Å². The highest BCUT2D eigenvalue weighted by Gasteiger charge is 2.12. The van der Waals surface area contributed by atoms with Gasteiger partial charge >= 0.3 is 5.97 Å². The van der Waals surface area contributed by atoms with E-state index in [0.717, 1.165) is 30.6 Å². The second-order valence-corrected chi connectivity index (χ2v) is 8.45. The normalized spacial score (nSPS) is 12.9. The molecule has 0 aliphatic heterocycles. The molecule has 2 atom stereocenters. The molecule has 0 amide bonds. The summed E-state index contributed by atoms with van der Waals surface area (Å²) in [5.74, 6) is 0.967. The summed E-state index contributed by atoms with van der Waals surface area (Å²) < 4.78 is 17.0. The molecule has 0 spiro atoms. The summed E-state index contributed by atoms with van der Waals surface area (Å²) in [6.45, 7) is 6.41. The quantitative estimate of drug-likeness (QED) is 0.160. The lowest BCUT2D eigenvalue weighted by Gasteiger charge is -2.19. The van der Waals surface area contributed by atoms with Crippen LogP contribution in [0.15, 0.2) is 48.5 Å². The number of ether oxygens (including phenoxy) is 3. The van der Waals surface area contributed by atoms with Gasteiger partial charge in [0.05, 0.1) is 17.8 Å². The van der Waals surface area contributed by atoms with Gasteiger partial charge in [0.2, 0.25) is 0 Å². The van der Waals surface area contributed by atoms with Crippen molar-refractivity contribution in [3.63, 3.8) is 0 Å². The lowest BCUT2D eigenvalue weighted by Crippen LogP contribution is -2.16. The lowest BCUT2D eigenvalue weighted by molar-refractivity contribution is 0.0734. The van der Waals surface area contributed by atoms with Crippen molar-refractivity contribution in [2.75, 3.05) is 7.11 Å². The minimum absolute atomic E-state index is 0.00907. The van der Waals surface area contributed by atoms with E-state index in [1.807, 2.05) is 31.2 Å². The Morgan fingerprint density at radius 2 is 1.41 bits per heavy atom. The summed E-state index contributed by atoms with van der Waals surface area (Å²) in [6.07, 6.45) is 11.3. The van der Waals surface area contributed by atoms with E-state index in [1.165, 1.54) is 38.5 Å². The maximum absolute atomic E-state index is 12.4. The van der Waals surface area contributed by atoms with Crippen LogP contribution in [0.2, 0.25) is 0 Å². The van der Waals surface area contributed by atoms with Crippen LogP contribution in [-0.4, -0.2) is 19.2 Å². The van der Waals surface area contributed by atoms with Crippen LogP contribution < -0.4 is 9.47 Å². The van der Waals surface area contributed by atoms with Crippen LogP contribution in [0.3, 0.4) is 0 Å². The summed E-state index contributed by atoms with van der Waals surface area (Å²) in [5.41, 5.74) is 1.53. The Hall–Kier alpha value is -2.33. The molecule has 0 aliphatic carbocycles. The standard InChI is InChI=1S/C28H40O4/c1-5-7-8-9-10-11-13-25(12-6-2)31-26-18-20-27(21-19-26)32-28(29)24-16-14-23(15-17-24)22(3)30-4/h14-22,25H,5-13H2,1-4H3. The van der Waals surface area contributed by atoms with Crippen LogP contribution in [0.1, 0.15) is 101 Å². The van der Waals surface area contributed by atoms with E-state index < -0.39 is 0 Å². The maximum atomic E-state index is 12.4. The Morgan fingerprint density at radius 1 is 0.781 bits per heavy atom. The van der Waals surface area contributed by atoms with Crippen molar-refractivity contribution >= 4 is 5.97 Å². The van der Waals surface area contributed by atoms with E-state index in [-0.39, 0.29) is 18.2 Å². The highest BCUT2D eigenvalue weighted by Crippen LogP contribution is 2.23. The maximum Gasteiger partial charge on any atom is 0.343 e. The molecule has 2 aromatic rings. The summed E-state index contributed by atoms with van der Waals surface area (Å²) in [5, 5.41) is 0. The van der Waals surface area contributed by atoms with Gasteiger partial charge in [0.1, 0.15) is 11.5 Å². The summed E-state index contributed by atoms with van der Waals surface area (Å²) >= 11 is 0. The fraction of sp³-hybridized carbons (Fsp3) is 0.536. The van der Waals surface area contributed by atoms with Gasteiger partial charge in [0.15, 0.2) is 0 Å². The molecule has 0 fully saturated rings. The topological polar surface area (TPSA) is 44.8 Å². The number of benzene rings is 2. The Morgan fingerprint density at radius 3 is 2.03 bits per heavy atom. The number of rotatable bonds is 15. The van der Waals surface area contributed by atoms with Gasteiger partial charge < -0.3 is 14.2 Å². The molecule has 2 rings (SSSR count). The van der Waals surface area contributed by atoms with E-state index in [4.69, 9.17) is 14.2 Å². The number of esters is 1. The van der Waals surface area contributed by atoms with E-state index >= 15 is 0 Å². The van der Waals surface area contributed by atoms with Gasteiger partial charge in [0.25, 0.3) is 0 Å². The summed E-state index contributed by atoms with van der Waals surface area (Å²) in [7, 11) is 1.67. The van der Waals surface area contributed by atoms with Crippen LogP contribution in [0.25, 0.3) is 0 Å². The molecular formula is C28H40O4. The van der Waals surface area contributed by atoms with E-state index in [9.17, 15) is 4.79 Å². The number of unbranched alkanes of at least 4 members (excludes halogenated alkanes) is 5. The van der Waals surface area contributed by atoms with Crippen molar-refractivity contribution in [1.29, 1.82) is 0 Å². The lowest BCUT2D eigenvalue weighted by atomic mass is 10.0. The molecule has 0 aromatic heterocycles. The van der Waals surface area contributed by atoms with Crippen molar-refractivity contribution in [3.05, 3.63) is 59.7 Å². The fourth-order valence-electron chi connectivity index (χ4n) is 3.71. The van der Waals surface area contributed by atoms with Crippen molar-refractivity contribution in [2.45, 2.75) is 90.8 Å². The van der Waals surface area contributed by atoms with Gasteiger partial charge in [-0.15, -0.1) is 0 Å². The van der Waals surface area contributed by atoms with Gasteiger partial charge in [-0.25, -0.2) is 4.79 Å². The molecule has 4 nitrogen and oxygen atoms in total. The molecule has 4 heteroatoms. The first-order valence-corrected chi connectivity index (χ1v) is 12.2. The molecular weight excluding hydrogens is 400 g/mol. The average Bonchev–Trinajstić information content (AvgIpc) is 2.82. The molecule has 0 heterocycles.